The van der Waals surface area contributed by atoms with E-state index in [-0.39, 0.29) is 5.56 Å². The zero-order valence-corrected chi connectivity index (χ0v) is 12.0. The van der Waals surface area contributed by atoms with E-state index in [0.29, 0.717) is 5.03 Å². The number of halogens is 1. The Morgan fingerprint density at radius 2 is 2.00 bits per heavy atom. The molecule has 2 rings (SSSR count). The van der Waals surface area contributed by atoms with Gasteiger partial charge in [-0.1, -0.05) is 23.9 Å². The lowest BCUT2D eigenvalue weighted by atomic mass is 10.2. The minimum Gasteiger partial charge on any atom is -0.478 e. The second-order valence-corrected chi connectivity index (χ2v) is 5.53. The van der Waals surface area contributed by atoms with Crippen molar-refractivity contribution in [3.05, 3.63) is 52.1 Å². The predicted molar refractivity (Wildman–Crippen MR) is 74.2 cm³/mol. The van der Waals surface area contributed by atoms with Gasteiger partial charge >= 0.3 is 5.97 Å². The predicted octanol–water partition coefficient (Wildman–Crippen LogP) is 4.00. The maximum Gasteiger partial charge on any atom is 0.338 e. The first kappa shape index (κ1) is 13.1. The van der Waals surface area contributed by atoms with Crippen molar-refractivity contribution in [2.75, 3.05) is 0 Å². The molecule has 2 aromatic rings. The van der Waals surface area contributed by atoms with Gasteiger partial charge in [0.2, 0.25) is 0 Å². The summed E-state index contributed by atoms with van der Waals surface area (Å²) >= 11 is 4.78. The number of carbonyl (C=O) groups is 1. The standard InChI is InChI=1S/C13H10BrNO2S/c1-8-6-7-9(13(16)17)12(15-8)18-11-5-3-2-4-10(11)14/h2-7H,1H3,(H,16,17). The topological polar surface area (TPSA) is 50.2 Å². The monoisotopic (exact) mass is 323 g/mol. The minimum absolute atomic E-state index is 0.223. The molecular weight excluding hydrogens is 314 g/mol. The fourth-order valence-electron chi connectivity index (χ4n) is 1.41. The van der Waals surface area contributed by atoms with Gasteiger partial charge in [-0.15, -0.1) is 0 Å². The van der Waals surface area contributed by atoms with Crippen molar-refractivity contribution in [2.45, 2.75) is 16.8 Å². The molecular formula is C13H10BrNO2S. The van der Waals surface area contributed by atoms with Crippen molar-refractivity contribution in [2.24, 2.45) is 0 Å². The highest BCUT2D eigenvalue weighted by Gasteiger charge is 2.13. The maximum atomic E-state index is 11.1. The smallest absolute Gasteiger partial charge is 0.338 e. The van der Waals surface area contributed by atoms with Crippen molar-refractivity contribution in [3.8, 4) is 0 Å². The lowest BCUT2D eigenvalue weighted by Crippen LogP contribution is -2.01. The molecule has 0 aliphatic carbocycles. The van der Waals surface area contributed by atoms with E-state index in [0.717, 1.165) is 15.1 Å². The van der Waals surface area contributed by atoms with Crippen molar-refractivity contribution < 1.29 is 9.90 Å². The Morgan fingerprint density at radius 3 is 2.67 bits per heavy atom. The van der Waals surface area contributed by atoms with Crippen LogP contribution in [0.15, 0.2) is 50.8 Å². The second-order valence-electron chi connectivity index (χ2n) is 3.64. The largest absolute Gasteiger partial charge is 0.478 e. The molecule has 0 saturated heterocycles. The number of aromatic nitrogens is 1. The van der Waals surface area contributed by atoms with Crippen LogP contribution in [0, 0.1) is 6.92 Å². The molecule has 0 radical (unpaired) electrons. The van der Waals surface area contributed by atoms with E-state index in [1.807, 2.05) is 31.2 Å². The molecule has 1 aromatic heterocycles. The van der Waals surface area contributed by atoms with E-state index in [1.165, 1.54) is 11.8 Å². The highest BCUT2D eigenvalue weighted by atomic mass is 79.9. The average molecular weight is 324 g/mol. The maximum absolute atomic E-state index is 11.1. The zero-order chi connectivity index (χ0) is 13.1. The van der Waals surface area contributed by atoms with Gasteiger partial charge in [0.1, 0.15) is 5.03 Å². The highest BCUT2D eigenvalue weighted by Crippen LogP contribution is 2.34. The Labute approximate surface area is 117 Å². The fraction of sp³-hybridized carbons (Fsp3) is 0.0769. The highest BCUT2D eigenvalue weighted by molar-refractivity contribution is 9.10. The number of rotatable bonds is 3. The Balaban J connectivity index is 2.42. The number of benzene rings is 1. The number of hydrogen-bond acceptors (Lipinski definition) is 3. The van der Waals surface area contributed by atoms with Gasteiger partial charge in [-0.2, -0.15) is 0 Å². The minimum atomic E-state index is -0.961. The van der Waals surface area contributed by atoms with Crippen LogP contribution in [0.3, 0.4) is 0 Å². The van der Waals surface area contributed by atoms with Gasteiger partial charge in [0.05, 0.1) is 5.56 Å². The molecule has 0 atom stereocenters. The van der Waals surface area contributed by atoms with Crippen LogP contribution < -0.4 is 0 Å². The molecule has 0 fully saturated rings. The molecule has 0 spiro atoms. The molecule has 18 heavy (non-hydrogen) atoms. The summed E-state index contributed by atoms with van der Waals surface area (Å²) in [6.45, 7) is 1.84. The van der Waals surface area contributed by atoms with Crippen molar-refractivity contribution in [1.29, 1.82) is 0 Å². The molecule has 92 valence electrons. The van der Waals surface area contributed by atoms with Gasteiger partial charge in [0.25, 0.3) is 0 Å². The number of carboxylic acids is 1. The molecule has 0 bridgehead atoms. The van der Waals surface area contributed by atoms with Gasteiger partial charge < -0.3 is 5.11 Å². The van der Waals surface area contributed by atoms with Crippen LogP contribution in [0.5, 0.6) is 0 Å². The fourth-order valence-corrected chi connectivity index (χ4v) is 2.91. The van der Waals surface area contributed by atoms with Gasteiger partial charge in [0, 0.05) is 15.1 Å². The first-order valence-corrected chi connectivity index (χ1v) is 6.82. The molecule has 0 unspecified atom stereocenters. The van der Waals surface area contributed by atoms with Crippen LogP contribution in [0.25, 0.3) is 0 Å². The number of carboxylic acid groups (broad SMARTS) is 1. The van der Waals surface area contributed by atoms with Crippen LogP contribution in [-0.4, -0.2) is 16.1 Å². The quantitative estimate of drug-likeness (QED) is 0.927. The normalized spacial score (nSPS) is 10.3. The molecule has 3 nitrogen and oxygen atoms in total. The van der Waals surface area contributed by atoms with E-state index < -0.39 is 5.97 Å². The van der Waals surface area contributed by atoms with Gasteiger partial charge in [-0.3, -0.25) is 0 Å². The number of nitrogens with zero attached hydrogens (tertiary/aromatic N) is 1. The lowest BCUT2D eigenvalue weighted by Gasteiger charge is -2.07. The summed E-state index contributed by atoms with van der Waals surface area (Å²) < 4.78 is 0.926. The van der Waals surface area contributed by atoms with Crippen molar-refractivity contribution >= 4 is 33.7 Å². The van der Waals surface area contributed by atoms with E-state index in [9.17, 15) is 4.79 Å². The summed E-state index contributed by atoms with van der Waals surface area (Å²) in [6.07, 6.45) is 0. The third-order valence-corrected chi connectivity index (χ3v) is 4.31. The number of aryl methyl sites for hydroxylation is 1. The number of aromatic carboxylic acids is 1. The lowest BCUT2D eigenvalue weighted by molar-refractivity contribution is 0.0692. The summed E-state index contributed by atoms with van der Waals surface area (Å²) in [5.74, 6) is -0.961. The van der Waals surface area contributed by atoms with Gasteiger partial charge in [0.15, 0.2) is 0 Å². The molecule has 0 amide bonds. The molecule has 0 saturated carbocycles. The van der Waals surface area contributed by atoms with Crippen LogP contribution in [0.2, 0.25) is 0 Å². The summed E-state index contributed by atoms with van der Waals surface area (Å²) in [5, 5.41) is 9.65. The van der Waals surface area contributed by atoms with E-state index in [1.54, 1.807) is 12.1 Å². The first-order chi connectivity index (χ1) is 8.58. The van der Waals surface area contributed by atoms with E-state index in [4.69, 9.17) is 5.11 Å². The Kier molecular flexibility index (Phi) is 4.04. The Hall–Kier alpha value is -1.33. The molecule has 0 aliphatic rings. The molecule has 1 heterocycles. The van der Waals surface area contributed by atoms with Gasteiger partial charge in [-0.05, 0) is 47.1 Å². The van der Waals surface area contributed by atoms with Crippen LogP contribution in [-0.2, 0) is 0 Å². The Morgan fingerprint density at radius 1 is 1.28 bits per heavy atom. The van der Waals surface area contributed by atoms with Crippen LogP contribution >= 0.6 is 27.7 Å². The second kappa shape index (κ2) is 5.54. The summed E-state index contributed by atoms with van der Waals surface area (Å²) in [5.41, 5.74) is 1.02. The molecule has 1 N–H and O–H groups in total. The molecule has 0 aliphatic heterocycles. The van der Waals surface area contributed by atoms with Crippen LogP contribution in [0.1, 0.15) is 16.1 Å². The number of hydrogen-bond donors (Lipinski definition) is 1. The van der Waals surface area contributed by atoms with E-state index >= 15 is 0 Å². The first-order valence-electron chi connectivity index (χ1n) is 5.21. The van der Waals surface area contributed by atoms with Gasteiger partial charge in [-0.25, -0.2) is 9.78 Å². The van der Waals surface area contributed by atoms with Crippen molar-refractivity contribution in [1.82, 2.24) is 4.98 Å². The molecule has 5 heteroatoms. The summed E-state index contributed by atoms with van der Waals surface area (Å²) in [6, 6.07) is 10.9. The summed E-state index contributed by atoms with van der Waals surface area (Å²) in [4.78, 5) is 16.4. The van der Waals surface area contributed by atoms with Crippen molar-refractivity contribution in [3.63, 3.8) is 0 Å². The average Bonchev–Trinajstić information content (AvgIpc) is 2.32. The van der Waals surface area contributed by atoms with Crippen LogP contribution in [0.4, 0.5) is 0 Å². The third kappa shape index (κ3) is 2.91. The Bertz CT molecular complexity index is 601. The number of pyridine rings is 1. The molecule has 1 aromatic carbocycles. The SMILES string of the molecule is Cc1ccc(C(=O)O)c(Sc2ccccc2Br)n1. The van der Waals surface area contributed by atoms with E-state index in [2.05, 4.69) is 20.9 Å². The third-order valence-electron chi connectivity index (χ3n) is 2.27. The zero-order valence-electron chi connectivity index (χ0n) is 9.55. The summed E-state index contributed by atoms with van der Waals surface area (Å²) in [7, 11) is 0.